The van der Waals surface area contributed by atoms with E-state index in [-0.39, 0.29) is 5.57 Å². The molecule has 1 unspecified atom stereocenters. The summed E-state index contributed by atoms with van der Waals surface area (Å²) in [5, 5.41) is 25.2. The van der Waals surface area contributed by atoms with Gasteiger partial charge in [-0.15, -0.1) is 0 Å². The van der Waals surface area contributed by atoms with Crippen LogP contribution in [0.25, 0.3) is 0 Å². The molecule has 3 heteroatoms. The molecule has 0 aromatic heterocycles. The Morgan fingerprint density at radius 2 is 2.20 bits per heavy atom. The van der Waals surface area contributed by atoms with Crippen molar-refractivity contribution in [3.05, 3.63) is 24.3 Å². The van der Waals surface area contributed by atoms with E-state index in [4.69, 9.17) is 15.6 Å². The minimum Gasteiger partial charge on any atom is -0.373 e. The average molecular weight is 134 g/mol. The number of nitrogens with zero attached hydrogens (tertiary/aromatic N) is 2. The molecule has 1 atom stereocenters. The third kappa shape index (κ3) is 2.13. The number of rotatable bonds is 2. The van der Waals surface area contributed by atoms with Crippen molar-refractivity contribution in [1.82, 2.24) is 0 Å². The highest BCUT2D eigenvalue weighted by atomic mass is 16.3. The third-order valence-electron chi connectivity index (χ3n) is 0.843. The topological polar surface area (TPSA) is 67.8 Å². The maximum Gasteiger partial charge on any atom is 0.175 e. The highest BCUT2D eigenvalue weighted by molar-refractivity contribution is 5.32. The van der Waals surface area contributed by atoms with Crippen molar-refractivity contribution < 1.29 is 5.11 Å². The van der Waals surface area contributed by atoms with Gasteiger partial charge in [0.05, 0.1) is 17.7 Å². The predicted molar refractivity (Wildman–Crippen MR) is 35.5 cm³/mol. The Morgan fingerprint density at radius 3 is 2.50 bits per heavy atom. The fraction of sp³-hybridized carbons (Fsp3) is 0.143. The van der Waals surface area contributed by atoms with E-state index < -0.39 is 6.10 Å². The van der Waals surface area contributed by atoms with Gasteiger partial charge in [-0.2, -0.15) is 10.5 Å². The van der Waals surface area contributed by atoms with Gasteiger partial charge in [-0.1, -0.05) is 12.7 Å². The molecule has 0 rings (SSSR count). The van der Waals surface area contributed by atoms with E-state index in [1.54, 1.807) is 6.07 Å². The van der Waals surface area contributed by atoms with E-state index in [1.165, 1.54) is 18.2 Å². The lowest BCUT2D eigenvalue weighted by Crippen LogP contribution is -2.04. The molecular weight excluding hydrogens is 128 g/mol. The van der Waals surface area contributed by atoms with Gasteiger partial charge in [-0.3, -0.25) is 0 Å². The summed E-state index contributed by atoms with van der Waals surface area (Å²) >= 11 is 0. The maximum atomic E-state index is 8.75. The van der Waals surface area contributed by atoms with Crippen LogP contribution in [-0.4, -0.2) is 11.2 Å². The lowest BCUT2D eigenvalue weighted by Gasteiger charge is -1.94. The first-order valence-corrected chi connectivity index (χ1v) is 2.56. The van der Waals surface area contributed by atoms with Crippen LogP contribution in [0.5, 0.6) is 0 Å². The molecule has 0 aliphatic heterocycles. The highest BCUT2D eigenvalue weighted by Gasteiger charge is 2.05. The van der Waals surface area contributed by atoms with Crippen molar-refractivity contribution in [2.24, 2.45) is 0 Å². The molecule has 0 amide bonds. The zero-order valence-corrected chi connectivity index (χ0v) is 5.28. The van der Waals surface area contributed by atoms with E-state index in [2.05, 4.69) is 6.58 Å². The fourth-order valence-electron chi connectivity index (χ4n) is 0.386. The van der Waals surface area contributed by atoms with Crippen LogP contribution < -0.4 is 0 Å². The average Bonchev–Trinajstić information content (AvgIpc) is 1.99. The molecule has 0 fully saturated rings. The second-order valence-electron chi connectivity index (χ2n) is 1.50. The molecule has 50 valence electrons. The summed E-state index contributed by atoms with van der Waals surface area (Å²) in [6, 6.07) is 3.19. The fourth-order valence-corrected chi connectivity index (χ4v) is 0.386. The minimum absolute atomic E-state index is 0.0116. The van der Waals surface area contributed by atoms with E-state index in [0.717, 1.165) is 0 Å². The monoisotopic (exact) mass is 134 g/mol. The summed E-state index contributed by atoms with van der Waals surface area (Å²) in [5.41, 5.74) is 0.0116. The molecule has 0 bridgehead atoms. The molecule has 3 nitrogen and oxygen atoms in total. The van der Waals surface area contributed by atoms with Crippen LogP contribution in [0.4, 0.5) is 0 Å². The third-order valence-corrected chi connectivity index (χ3v) is 0.843. The normalized spacial score (nSPS) is 12.9. The molecular formula is C7H6N2O. The zero-order chi connectivity index (χ0) is 7.98. The summed E-state index contributed by atoms with van der Waals surface area (Å²) in [5.74, 6) is 0. The van der Waals surface area contributed by atoms with E-state index >= 15 is 0 Å². The van der Waals surface area contributed by atoms with Crippen molar-refractivity contribution in [2.45, 2.75) is 6.10 Å². The van der Waals surface area contributed by atoms with Gasteiger partial charge in [0.1, 0.15) is 0 Å². The first kappa shape index (κ1) is 8.42. The lowest BCUT2D eigenvalue weighted by molar-refractivity contribution is 0.270. The van der Waals surface area contributed by atoms with Gasteiger partial charge < -0.3 is 5.11 Å². The number of nitriles is 2. The molecule has 0 aliphatic carbocycles. The van der Waals surface area contributed by atoms with Crippen LogP contribution in [0.2, 0.25) is 0 Å². The summed E-state index contributed by atoms with van der Waals surface area (Å²) in [6.07, 6.45) is 1.32. The van der Waals surface area contributed by atoms with Crippen molar-refractivity contribution >= 4 is 0 Å². The van der Waals surface area contributed by atoms with Crippen LogP contribution >= 0.6 is 0 Å². The van der Waals surface area contributed by atoms with E-state index in [0.29, 0.717) is 0 Å². The second kappa shape index (κ2) is 4.31. The first-order chi connectivity index (χ1) is 4.76. The quantitative estimate of drug-likeness (QED) is 0.340. The van der Waals surface area contributed by atoms with Crippen molar-refractivity contribution in [2.75, 3.05) is 0 Å². The molecule has 0 aromatic rings. The second-order valence-corrected chi connectivity index (χ2v) is 1.50. The SMILES string of the molecule is C=CC=C(C#N)C(O)C#N. The van der Waals surface area contributed by atoms with Gasteiger partial charge in [0.15, 0.2) is 6.10 Å². The van der Waals surface area contributed by atoms with Gasteiger partial charge in [0.2, 0.25) is 0 Å². The molecule has 0 radical (unpaired) electrons. The van der Waals surface area contributed by atoms with E-state index in [9.17, 15) is 0 Å². The van der Waals surface area contributed by atoms with Gasteiger partial charge in [-0.25, -0.2) is 0 Å². The number of hydrogen-bond donors (Lipinski definition) is 1. The van der Waals surface area contributed by atoms with Crippen LogP contribution in [0, 0.1) is 22.7 Å². The molecule has 0 saturated carbocycles. The Labute approximate surface area is 59.1 Å². The minimum atomic E-state index is -1.33. The Balaban J connectivity index is 4.43. The van der Waals surface area contributed by atoms with Gasteiger partial charge in [0, 0.05) is 0 Å². The Morgan fingerprint density at radius 1 is 1.60 bits per heavy atom. The number of aliphatic hydroxyl groups is 1. The molecule has 0 aliphatic rings. The van der Waals surface area contributed by atoms with Crippen molar-refractivity contribution in [3.63, 3.8) is 0 Å². The zero-order valence-electron chi connectivity index (χ0n) is 5.28. The molecule has 0 spiro atoms. The smallest absolute Gasteiger partial charge is 0.175 e. The summed E-state index contributed by atoms with van der Waals surface area (Å²) in [6.45, 7) is 3.32. The van der Waals surface area contributed by atoms with Crippen molar-refractivity contribution in [1.29, 1.82) is 10.5 Å². The number of hydrogen-bond acceptors (Lipinski definition) is 3. The lowest BCUT2D eigenvalue weighted by atomic mass is 10.2. The molecule has 0 saturated heterocycles. The summed E-state index contributed by atoms with van der Waals surface area (Å²) < 4.78 is 0. The Bertz CT molecular complexity index is 229. The number of aliphatic hydroxyl groups excluding tert-OH is 1. The predicted octanol–water partition coefficient (Wildman–Crippen LogP) is 0.507. The largest absolute Gasteiger partial charge is 0.373 e. The van der Waals surface area contributed by atoms with Gasteiger partial charge in [-0.05, 0) is 6.08 Å². The van der Waals surface area contributed by atoms with Crippen molar-refractivity contribution in [3.8, 4) is 12.1 Å². The van der Waals surface area contributed by atoms with Gasteiger partial charge >= 0.3 is 0 Å². The summed E-state index contributed by atoms with van der Waals surface area (Å²) in [4.78, 5) is 0. The van der Waals surface area contributed by atoms with Gasteiger partial charge in [0.25, 0.3) is 0 Å². The maximum absolute atomic E-state index is 8.75. The Kier molecular flexibility index (Phi) is 3.63. The number of allylic oxidation sites excluding steroid dienone is 2. The summed E-state index contributed by atoms with van der Waals surface area (Å²) in [7, 11) is 0. The van der Waals surface area contributed by atoms with Crippen LogP contribution in [-0.2, 0) is 0 Å². The Hall–Kier alpha value is -1.58. The molecule has 10 heavy (non-hydrogen) atoms. The molecule has 0 aromatic carbocycles. The first-order valence-electron chi connectivity index (χ1n) is 2.56. The standard InChI is InChI=1S/C7H6N2O/c1-2-3-6(4-8)7(10)5-9/h2-3,7,10H,1H2. The van der Waals surface area contributed by atoms with Crippen LogP contribution in [0.1, 0.15) is 0 Å². The van der Waals surface area contributed by atoms with E-state index in [1.807, 2.05) is 0 Å². The highest BCUT2D eigenvalue weighted by Crippen LogP contribution is 1.98. The molecule has 1 N–H and O–H groups in total. The molecule has 0 heterocycles. The van der Waals surface area contributed by atoms with Crippen LogP contribution in [0.3, 0.4) is 0 Å². The van der Waals surface area contributed by atoms with Crippen LogP contribution in [0.15, 0.2) is 24.3 Å².